The normalized spacial score (nSPS) is 11.1. The average molecular weight is 420 g/mol. The maximum atomic E-state index is 12.5. The number of carbonyl (C=O) groups is 1. The summed E-state index contributed by atoms with van der Waals surface area (Å²) in [5, 5.41) is 4.75. The lowest BCUT2D eigenvalue weighted by molar-refractivity contribution is -0.120. The quantitative estimate of drug-likeness (QED) is 0.447. The van der Waals surface area contributed by atoms with E-state index in [2.05, 4.69) is 16.4 Å². The molecule has 0 fully saturated rings. The second-order valence-electron chi connectivity index (χ2n) is 7.33. The fraction of sp³-hybridized carbons (Fsp3) is 0.250. The van der Waals surface area contributed by atoms with Crippen LogP contribution in [0.4, 0.5) is 0 Å². The zero-order valence-electron chi connectivity index (χ0n) is 17.7. The number of ether oxygens (including phenoxy) is 2. The van der Waals surface area contributed by atoms with Gasteiger partial charge in [0.25, 0.3) is 0 Å². The van der Waals surface area contributed by atoms with Gasteiger partial charge in [0.1, 0.15) is 5.58 Å². The van der Waals surface area contributed by atoms with Crippen molar-refractivity contribution in [1.29, 1.82) is 0 Å². The number of amides is 1. The summed E-state index contributed by atoms with van der Waals surface area (Å²) in [6.45, 7) is 2.28. The van der Waals surface area contributed by atoms with Crippen LogP contribution in [-0.2, 0) is 17.6 Å². The van der Waals surface area contributed by atoms with Gasteiger partial charge in [0.15, 0.2) is 11.5 Å². The van der Waals surface area contributed by atoms with Crippen molar-refractivity contribution in [2.45, 2.75) is 19.8 Å². The molecule has 0 bridgehead atoms. The first-order chi connectivity index (χ1) is 15.0. The van der Waals surface area contributed by atoms with Crippen molar-refractivity contribution in [3.63, 3.8) is 0 Å². The van der Waals surface area contributed by atoms with Gasteiger partial charge in [-0.25, -0.2) is 4.79 Å². The smallest absolute Gasteiger partial charge is 0.340 e. The number of carbonyl (C=O) groups excluding carboxylic acids is 1. The number of aromatic amines is 1. The van der Waals surface area contributed by atoms with E-state index in [1.54, 1.807) is 26.2 Å². The molecule has 7 heteroatoms. The number of hydrogen-bond acceptors (Lipinski definition) is 5. The first-order valence-electron chi connectivity index (χ1n) is 10.0. The van der Waals surface area contributed by atoms with Crippen molar-refractivity contribution in [3.05, 3.63) is 69.7 Å². The zero-order chi connectivity index (χ0) is 22.0. The third-order valence-corrected chi connectivity index (χ3v) is 5.52. The molecule has 2 aromatic heterocycles. The largest absolute Gasteiger partial charge is 0.493 e. The molecule has 160 valence electrons. The number of benzene rings is 2. The van der Waals surface area contributed by atoms with E-state index in [9.17, 15) is 9.59 Å². The summed E-state index contributed by atoms with van der Waals surface area (Å²) in [5.41, 5.74) is 3.11. The van der Waals surface area contributed by atoms with E-state index in [0.29, 0.717) is 46.6 Å². The Morgan fingerprint density at radius 2 is 1.84 bits per heavy atom. The average Bonchev–Trinajstić information content (AvgIpc) is 3.19. The van der Waals surface area contributed by atoms with Crippen molar-refractivity contribution in [2.24, 2.45) is 0 Å². The number of fused-ring (bicyclic) bond motifs is 2. The van der Waals surface area contributed by atoms with Crippen LogP contribution in [0, 0.1) is 6.92 Å². The van der Waals surface area contributed by atoms with Crippen molar-refractivity contribution in [1.82, 2.24) is 10.3 Å². The highest BCUT2D eigenvalue weighted by Crippen LogP contribution is 2.33. The molecule has 0 spiro atoms. The standard InChI is InChI=1S/C24H24N2O5/c1-14-17-10-21(29-2)22(30-3)12-20(17)31-24(28)18(14)11-23(27)25-9-8-15-13-26-19-7-5-4-6-16(15)19/h4-7,10,12-13,26H,8-9,11H2,1-3H3,(H,25,27). The van der Waals surface area contributed by atoms with Crippen molar-refractivity contribution < 1.29 is 18.7 Å². The van der Waals surface area contributed by atoms with Crippen molar-refractivity contribution in [2.75, 3.05) is 20.8 Å². The second kappa shape index (κ2) is 8.55. The lowest BCUT2D eigenvalue weighted by Gasteiger charge is -2.12. The Morgan fingerprint density at radius 3 is 2.61 bits per heavy atom. The van der Waals surface area contributed by atoms with E-state index in [4.69, 9.17) is 13.9 Å². The van der Waals surface area contributed by atoms with E-state index in [1.807, 2.05) is 24.4 Å². The van der Waals surface area contributed by atoms with E-state index in [-0.39, 0.29) is 12.3 Å². The number of para-hydroxylation sites is 1. The summed E-state index contributed by atoms with van der Waals surface area (Å²) < 4.78 is 16.1. The summed E-state index contributed by atoms with van der Waals surface area (Å²) in [6, 6.07) is 11.4. The Bertz CT molecular complexity index is 1320. The molecular weight excluding hydrogens is 396 g/mol. The summed E-state index contributed by atoms with van der Waals surface area (Å²) >= 11 is 0. The van der Waals surface area contributed by atoms with Gasteiger partial charge in [-0.3, -0.25) is 4.79 Å². The SMILES string of the molecule is COc1cc2oc(=O)c(CC(=O)NCCc3c[nH]c4ccccc34)c(C)c2cc1OC. The van der Waals surface area contributed by atoms with Crippen LogP contribution < -0.4 is 20.4 Å². The third kappa shape index (κ3) is 3.99. The number of H-pyrrole nitrogens is 1. The molecule has 31 heavy (non-hydrogen) atoms. The van der Waals surface area contributed by atoms with Crippen LogP contribution in [0.3, 0.4) is 0 Å². The number of aromatic nitrogens is 1. The van der Waals surface area contributed by atoms with Gasteiger partial charge in [0.05, 0.1) is 26.2 Å². The van der Waals surface area contributed by atoms with E-state index >= 15 is 0 Å². The minimum Gasteiger partial charge on any atom is -0.493 e. The first kappa shape index (κ1) is 20.5. The van der Waals surface area contributed by atoms with E-state index in [1.165, 1.54) is 7.11 Å². The topological polar surface area (TPSA) is 93.6 Å². The Balaban J connectivity index is 1.49. The fourth-order valence-corrected chi connectivity index (χ4v) is 3.82. The van der Waals surface area contributed by atoms with Gasteiger partial charge < -0.3 is 24.2 Å². The summed E-state index contributed by atoms with van der Waals surface area (Å²) in [7, 11) is 3.06. The highest BCUT2D eigenvalue weighted by Gasteiger charge is 2.17. The Morgan fingerprint density at radius 1 is 1.10 bits per heavy atom. The Hall–Kier alpha value is -3.74. The van der Waals surface area contributed by atoms with Crippen LogP contribution in [0.25, 0.3) is 21.9 Å². The monoisotopic (exact) mass is 420 g/mol. The van der Waals surface area contributed by atoms with Gasteiger partial charge in [-0.2, -0.15) is 0 Å². The fourth-order valence-electron chi connectivity index (χ4n) is 3.82. The molecule has 2 heterocycles. The Kier molecular flexibility index (Phi) is 5.66. The van der Waals surface area contributed by atoms with Crippen LogP contribution in [0.1, 0.15) is 16.7 Å². The highest BCUT2D eigenvalue weighted by atomic mass is 16.5. The van der Waals surface area contributed by atoms with E-state index in [0.717, 1.165) is 16.5 Å². The first-order valence-corrected chi connectivity index (χ1v) is 10.0. The molecule has 0 aliphatic carbocycles. The predicted molar refractivity (Wildman–Crippen MR) is 119 cm³/mol. The van der Waals surface area contributed by atoms with Gasteiger partial charge in [0, 0.05) is 35.1 Å². The number of nitrogens with one attached hydrogen (secondary N) is 2. The van der Waals surface area contributed by atoms with Gasteiger partial charge in [-0.15, -0.1) is 0 Å². The van der Waals surface area contributed by atoms with Gasteiger partial charge >= 0.3 is 5.63 Å². The summed E-state index contributed by atoms with van der Waals surface area (Å²) in [5.74, 6) is 0.775. The Labute approximate surface area is 179 Å². The third-order valence-electron chi connectivity index (χ3n) is 5.52. The minimum absolute atomic E-state index is 0.0493. The van der Waals surface area contributed by atoms with E-state index < -0.39 is 5.63 Å². The van der Waals surface area contributed by atoms with Crippen LogP contribution in [0.5, 0.6) is 11.5 Å². The molecule has 2 aromatic carbocycles. The maximum absolute atomic E-state index is 12.5. The predicted octanol–water partition coefficient (Wildman–Crippen LogP) is 3.50. The highest BCUT2D eigenvalue weighted by molar-refractivity contribution is 5.87. The maximum Gasteiger partial charge on any atom is 0.340 e. The molecule has 0 aliphatic heterocycles. The second-order valence-corrected chi connectivity index (χ2v) is 7.33. The lowest BCUT2D eigenvalue weighted by Crippen LogP contribution is -2.29. The molecule has 2 N–H and O–H groups in total. The molecule has 1 amide bonds. The van der Waals surface area contributed by atoms with Crippen LogP contribution >= 0.6 is 0 Å². The van der Waals surface area contributed by atoms with Crippen molar-refractivity contribution >= 4 is 27.8 Å². The number of methoxy groups -OCH3 is 2. The van der Waals surface area contributed by atoms with Crippen molar-refractivity contribution in [3.8, 4) is 11.5 Å². The molecule has 7 nitrogen and oxygen atoms in total. The summed E-state index contributed by atoms with van der Waals surface area (Å²) in [6.07, 6.45) is 2.60. The molecule has 0 atom stereocenters. The molecule has 4 aromatic rings. The molecule has 0 saturated carbocycles. The molecule has 0 unspecified atom stereocenters. The number of aryl methyl sites for hydroxylation is 1. The minimum atomic E-state index is -0.524. The zero-order valence-corrected chi connectivity index (χ0v) is 17.7. The van der Waals surface area contributed by atoms with Crippen LogP contribution in [0.15, 0.2) is 51.8 Å². The number of rotatable bonds is 7. The summed E-state index contributed by atoms with van der Waals surface area (Å²) in [4.78, 5) is 28.3. The molecule has 0 radical (unpaired) electrons. The van der Waals surface area contributed by atoms with Crippen LogP contribution in [0.2, 0.25) is 0 Å². The van der Waals surface area contributed by atoms with Gasteiger partial charge in [-0.05, 0) is 36.6 Å². The lowest BCUT2D eigenvalue weighted by atomic mass is 10.0. The van der Waals surface area contributed by atoms with Crippen LogP contribution in [-0.4, -0.2) is 31.7 Å². The molecule has 0 aliphatic rings. The van der Waals surface area contributed by atoms with Gasteiger partial charge in [0.2, 0.25) is 5.91 Å². The molecule has 0 saturated heterocycles. The number of hydrogen-bond donors (Lipinski definition) is 2. The molecule has 4 rings (SSSR count). The molecular formula is C24H24N2O5. The van der Waals surface area contributed by atoms with Gasteiger partial charge in [-0.1, -0.05) is 18.2 Å².